The van der Waals surface area contributed by atoms with E-state index in [1.165, 1.54) is 5.56 Å². The van der Waals surface area contributed by atoms with E-state index in [2.05, 4.69) is 78.9 Å². The van der Waals surface area contributed by atoms with Gasteiger partial charge in [-0.3, -0.25) is 5.32 Å². The molecule has 1 amide bonds. The number of hydrogen-bond donors (Lipinski definition) is 2. The Balaban J connectivity index is 1.65. The first-order chi connectivity index (χ1) is 19.6. The third-order valence-corrected chi connectivity index (χ3v) is 8.13. The van der Waals surface area contributed by atoms with Crippen LogP contribution in [0.15, 0.2) is 78.9 Å². The van der Waals surface area contributed by atoms with Crippen LogP contribution >= 0.6 is 0 Å². The molecule has 42 heavy (non-hydrogen) atoms. The SMILES string of the molecule is CC(C)(C)c1cc(NC(=O)OCc2ccccc2)c2c(c1)C(C)(C)c1cc(C(C)(C)C)cc(-c3ccc(N)cc3)c1O2. The highest BCUT2D eigenvalue weighted by molar-refractivity contribution is 5.89. The van der Waals surface area contributed by atoms with Gasteiger partial charge in [0.25, 0.3) is 0 Å². The Kier molecular flexibility index (Phi) is 7.34. The first-order valence-corrected chi connectivity index (χ1v) is 14.5. The molecule has 0 saturated carbocycles. The minimum atomic E-state index is -0.527. The Morgan fingerprint density at radius 2 is 1.38 bits per heavy atom. The number of fused-ring (bicyclic) bond motifs is 2. The van der Waals surface area contributed by atoms with Gasteiger partial charge >= 0.3 is 6.09 Å². The van der Waals surface area contributed by atoms with E-state index >= 15 is 0 Å². The van der Waals surface area contributed by atoms with Crippen molar-refractivity contribution in [1.82, 2.24) is 0 Å². The largest absolute Gasteiger partial charge is 0.454 e. The van der Waals surface area contributed by atoms with Gasteiger partial charge in [0.15, 0.2) is 5.75 Å². The van der Waals surface area contributed by atoms with Crippen LogP contribution in [-0.4, -0.2) is 6.09 Å². The molecule has 0 atom stereocenters. The summed E-state index contributed by atoms with van der Waals surface area (Å²) in [6.07, 6.45) is -0.527. The third kappa shape index (κ3) is 5.74. The lowest BCUT2D eigenvalue weighted by Gasteiger charge is -2.39. The Hall–Kier alpha value is -4.25. The zero-order valence-corrected chi connectivity index (χ0v) is 26.0. The van der Waals surface area contributed by atoms with Crippen molar-refractivity contribution in [2.24, 2.45) is 0 Å². The van der Waals surface area contributed by atoms with E-state index in [-0.39, 0.29) is 17.4 Å². The van der Waals surface area contributed by atoms with Crippen LogP contribution < -0.4 is 15.8 Å². The maximum Gasteiger partial charge on any atom is 0.412 e. The molecule has 5 nitrogen and oxygen atoms in total. The van der Waals surface area contributed by atoms with Crippen molar-refractivity contribution >= 4 is 17.5 Å². The second-order valence-corrected chi connectivity index (χ2v) is 13.8. The highest BCUT2D eigenvalue weighted by Crippen LogP contribution is 2.55. The van der Waals surface area contributed by atoms with Crippen molar-refractivity contribution in [2.75, 3.05) is 11.1 Å². The van der Waals surface area contributed by atoms with Crippen LogP contribution in [0.25, 0.3) is 11.1 Å². The maximum absolute atomic E-state index is 13.1. The van der Waals surface area contributed by atoms with Crippen LogP contribution in [0.5, 0.6) is 11.5 Å². The summed E-state index contributed by atoms with van der Waals surface area (Å²) in [5.41, 5.74) is 14.1. The van der Waals surface area contributed by atoms with Crippen LogP contribution in [-0.2, 0) is 27.6 Å². The fourth-order valence-electron chi connectivity index (χ4n) is 5.36. The van der Waals surface area contributed by atoms with Gasteiger partial charge in [-0.2, -0.15) is 0 Å². The standard InChI is InChI=1S/C37H42N2O3/c1-35(2,3)25-18-28(24-14-16-27(38)17-15-24)32-29(19-25)37(7,8)30-20-26(36(4,5)6)21-31(33(30)42-32)39-34(40)41-22-23-12-10-9-11-13-23/h9-21H,22,38H2,1-8H3,(H,39,40). The van der Waals surface area contributed by atoms with Crippen molar-refractivity contribution in [1.29, 1.82) is 0 Å². The molecule has 4 aromatic carbocycles. The number of anilines is 2. The highest BCUT2D eigenvalue weighted by Gasteiger charge is 2.39. The van der Waals surface area contributed by atoms with Crippen molar-refractivity contribution in [2.45, 2.75) is 78.2 Å². The average molecular weight is 563 g/mol. The highest BCUT2D eigenvalue weighted by atomic mass is 16.5. The van der Waals surface area contributed by atoms with Crippen molar-refractivity contribution in [3.05, 3.63) is 107 Å². The summed E-state index contributed by atoms with van der Waals surface area (Å²) in [7, 11) is 0. The molecule has 218 valence electrons. The quantitative estimate of drug-likeness (QED) is 0.243. The number of ether oxygens (including phenoxy) is 2. The summed E-state index contributed by atoms with van der Waals surface area (Å²) in [5.74, 6) is 1.42. The predicted molar refractivity (Wildman–Crippen MR) is 173 cm³/mol. The summed E-state index contributed by atoms with van der Waals surface area (Å²) in [6, 6.07) is 26.3. The van der Waals surface area contributed by atoms with E-state index in [9.17, 15) is 4.79 Å². The minimum Gasteiger partial charge on any atom is -0.454 e. The molecule has 5 heteroatoms. The van der Waals surface area contributed by atoms with Gasteiger partial charge in [-0.25, -0.2) is 4.79 Å². The van der Waals surface area contributed by atoms with Crippen LogP contribution in [0.3, 0.4) is 0 Å². The number of carbonyl (C=O) groups is 1. The van der Waals surface area contributed by atoms with Crippen molar-refractivity contribution in [3.63, 3.8) is 0 Å². The Morgan fingerprint density at radius 1 is 0.810 bits per heavy atom. The topological polar surface area (TPSA) is 73.6 Å². The van der Waals surface area contributed by atoms with E-state index in [4.69, 9.17) is 15.2 Å². The number of nitrogen functional groups attached to an aromatic ring is 1. The number of rotatable bonds is 4. The summed E-state index contributed by atoms with van der Waals surface area (Å²) in [5, 5.41) is 3.02. The summed E-state index contributed by atoms with van der Waals surface area (Å²) >= 11 is 0. The lowest BCUT2D eigenvalue weighted by molar-refractivity contribution is 0.155. The molecule has 3 N–H and O–H groups in total. The molecule has 1 heterocycles. The molecule has 4 aromatic rings. The molecule has 0 aliphatic carbocycles. The molecule has 0 radical (unpaired) electrons. The van der Waals surface area contributed by atoms with Gasteiger partial charge in [-0.15, -0.1) is 0 Å². The van der Waals surface area contributed by atoms with E-state index in [1.54, 1.807) is 0 Å². The van der Waals surface area contributed by atoms with E-state index in [0.717, 1.165) is 39.1 Å². The minimum absolute atomic E-state index is 0.0730. The Labute approximate surface area is 250 Å². The fraction of sp³-hybridized carbons (Fsp3) is 0.324. The van der Waals surface area contributed by atoms with Crippen molar-refractivity contribution < 1.29 is 14.3 Å². The zero-order valence-electron chi connectivity index (χ0n) is 26.0. The molecule has 0 unspecified atom stereocenters. The average Bonchev–Trinajstić information content (AvgIpc) is 2.92. The van der Waals surface area contributed by atoms with Gasteiger partial charge in [0.1, 0.15) is 12.4 Å². The number of nitrogens with one attached hydrogen (secondary N) is 1. The summed E-state index contributed by atoms with van der Waals surface area (Å²) in [6.45, 7) is 17.9. The molecule has 5 rings (SSSR count). The monoisotopic (exact) mass is 562 g/mol. The first kappa shape index (κ1) is 29.2. The number of carbonyl (C=O) groups excluding carboxylic acids is 1. The summed E-state index contributed by atoms with van der Waals surface area (Å²) in [4.78, 5) is 13.1. The third-order valence-electron chi connectivity index (χ3n) is 8.13. The summed E-state index contributed by atoms with van der Waals surface area (Å²) < 4.78 is 12.5. The number of nitrogens with two attached hydrogens (primary N) is 1. The van der Waals surface area contributed by atoms with Gasteiger partial charge in [0, 0.05) is 27.8 Å². The van der Waals surface area contributed by atoms with Crippen LogP contribution in [0.1, 0.15) is 83.2 Å². The zero-order chi connectivity index (χ0) is 30.4. The van der Waals surface area contributed by atoms with E-state index in [0.29, 0.717) is 17.1 Å². The molecule has 0 saturated heterocycles. The lowest BCUT2D eigenvalue weighted by atomic mass is 9.70. The second-order valence-electron chi connectivity index (χ2n) is 13.8. The van der Waals surface area contributed by atoms with Crippen LogP contribution in [0.2, 0.25) is 0 Å². The van der Waals surface area contributed by atoms with Gasteiger partial charge in [0.05, 0.1) is 5.69 Å². The Bertz CT molecular complexity index is 1620. The van der Waals surface area contributed by atoms with Crippen molar-refractivity contribution in [3.8, 4) is 22.6 Å². The van der Waals surface area contributed by atoms with Gasteiger partial charge in [-0.05, 0) is 57.3 Å². The molecule has 0 fully saturated rings. The van der Waals surface area contributed by atoms with Gasteiger partial charge in [0.2, 0.25) is 0 Å². The predicted octanol–water partition coefficient (Wildman–Crippen LogP) is 9.71. The molecule has 0 aromatic heterocycles. The van der Waals surface area contributed by atoms with Gasteiger partial charge < -0.3 is 15.2 Å². The second kappa shape index (κ2) is 10.5. The number of benzene rings is 4. The molecule has 0 bridgehead atoms. The van der Waals surface area contributed by atoms with Crippen LogP contribution in [0, 0.1) is 0 Å². The molecule has 0 spiro atoms. The maximum atomic E-state index is 13.1. The van der Waals surface area contributed by atoms with Crippen LogP contribution in [0.4, 0.5) is 16.2 Å². The number of amides is 1. The smallest absolute Gasteiger partial charge is 0.412 e. The normalized spacial score (nSPS) is 13.9. The number of hydrogen-bond acceptors (Lipinski definition) is 4. The molecular weight excluding hydrogens is 520 g/mol. The molecule has 1 aliphatic rings. The van der Waals surface area contributed by atoms with E-state index < -0.39 is 11.5 Å². The van der Waals surface area contributed by atoms with E-state index in [1.807, 2.05) is 60.7 Å². The van der Waals surface area contributed by atoms with Gasteiger partial charge in [-0.1, -0.05) is 110 Å². The first-order valence-electron chi connectivity index (χ1n) is 14.5. The fourth-order valence-corrected chi connectivity index (χ4v) is 5.36. The lowest BCUT2D eigenvalue weighted by Crippen LogP contribution is -2.28. The Morgan fingerprint density at radius 3 is 1.98 bits per heavy atom. The molecule has 1 aliphatic heterocycles. The molecular formula is C37H42N2O3.